The van der Waals surface area contributed by atoms with Crippen LogP contribution in [0.3, 0.4) is 0 Å². The third-order valence-corrected chi connectivity index (χ3v) is 5.40. The first-order valence-corrected chi connectivity index (χ1v) is 9.63. The number of rotatable bonds is 4. The third kappa shape index (κ3) is 5.18. The van der Waals surface area contributed by atoms with Gasteiger partial charge in [0, 0.05) is 13.5 Å². The van der Waals surface area contributed by atoms with Gasteiger partial charge in [0.05, 0.1) is 6.54 Å². The number of hydrogen-bond acceptors (Lipinski definition) is 4. The van der Waals surface area contributed by atoms with Crippen LogP contribution >= 0.6 is 0 Å². The van der Waals surface area contributed by atoms with Crippen molar-refractivity contribution in [2.24, 2.45) is 11.3 Å². The number of likely N-dealkylation sites (tertiary alicyclic amines) is 1. The lowest BCUT2D eigenvalue weighted by molar-refractivity contribution is -0.128. The Kier molecular flexibility index (Phi) is 6.36. The van der Waals surface area contributed by atoms with Crippen LogP contribution in [-0.2, 0) is 14.3 Å². The molecule has 0 aromatic carbocycles. The number of hydrogen-bond donors (Lipinski definition) is 0. The number of alkyl halides is 1. The van der Waals surface area contributed by atoms with Gasteiger partial charge in [-0.15, -0.1) is 0 Å². The summed E-state index contributed by atoms with van der Waals surface area (Å²) in [6, 6.07) is -0.908. The van der Waals surface area contributed by atoms with E-state index in [4.69, 9.17) is 9.47 Å². The Balaban J connectivity index is 2.12. The third-order valence-electron chi connectivity index (χ3n) is 5.40. The molecular formula is C20H34FNO4. The summed E-state index contributed by atoms with van der Waals surface area (Å²) in [4.78, 5) is 26.8. The van der Waals surface area contributed by atoms with Crippen molar-refractivity contribution in [3.8, 4) is 0 Å². The molecule has 5 nitrogen and oxygen atoms in total. The van der Waals surface area contributed by atoms with Gasteiger partial charge in [-0.05, 0) is 51.4 Å². The summed E-state index contributed by atoms with van der Waals surface area (Å²) in [6.07, 6.45) is 1.65. The summed E-state index contributed by atoms with van der Waals surface area (Å²) in [5.74, 6) is 0.161. The second kappa shape index (κ2) is 7.83. The van der Waals surface area contributed by atoms with Crippen LogP contribution in [0.1, 0.15) is 66.7 Å². The molecule has 0 bridgehead atoms. The minimum absolute atomic E-state index is 0.120. The minimum atomic E-state index is -1.38. The number of Topliss-reactive ketones (excluding diaryl/α,β-unsaturated/α-hetero) is 1. The summed E-state index contributed by atoms with van der Waals surface area (Å²) in [5, 5.41) is 0. The lowest BCUT2D eigenvalue weighted by Gasteiger charge is -2.36. The van der Waals surface area contributed by atoms with E-state index in [-0.39, 0.29) is 23.7 Å². The molecule has 1 heterocycles. The molecule has 1 amide bonds. The molecule has 150 valence electrons. The molecule has 1 saturated carbocycles. The zero-order valence-corrected chi connectivity index (χ0v) is 17.0. The summed E-state index contributed by atoms with van der Waals surface area (Å²) >= 11 is 0. The Morgan fingerprint density at radius 1 is 1.27 bits per heavy atom. The highest BCUT2D eigenvalue weighted by Gasteiger charge is 2.50. The fourth-order valence-electron chi connectivity index (χ4n) is 4.36. The first-order chi connectivity index (χ1) is 11.9. The number of ketones is 1. The molecule has 6 heteroatoms. The Bertz CT molecular complexity index is 528. The highest BCUT2D eigenvalue weighted by atomic mass is 19.1. The summed E-state index contributed by atoms with van der Waals surface area (Å²) in [5.41, 5.74) is -0.470. The van der Waals surface area contributed by atoms with E-state index < -0.39 is 30.0 Å². The van der Waals surface area contributed by atoms with Gasteiger partial charge in [0.1, 0.15) is 23.9 Å². The molecule has 0 radical (unpaired) electrons. The van der Waals surface area contributed by atoms with E-state index in [1.54, 1.807) is 20.8 Å². The number of carbonyl (C=O) groups is 2. The molecular weight excluding hydrogens is 337 g/mol. The molecule has 26 heavy (non-hydrogen) atoms. The standard InChI is InChI=1S/C20H34FNO4/c1-19(2,3)26-18(24)22-12-14(21)17(25-6)16(22)15(23)10-13-8-7-9-20(4,5)11-13/h13-14,16-17H,7-12H2,1-6H3/t13?,14-,16+,17+/m0/s1. The van der Waals surface area contributed by atoms with Gasteiger partial charge in [-0.3, -0.25) is 9.69 Å². The highest BCUT2D eigenvalue weighted by Crippen LogP contribution is 2.40. The molecule has 0 spiro atoms. The van der Waals surface area contributed by atoms with Gasteiger partial charge in [-0.1, -0.05) is 20.3 Å². The molecule has 1 saturated heterocycles. The molecule has 0 aromatic rings. The summed E-state index contributed by atoms with van der Waals surface area (Å²) in [7, 11) is 1.39. The van der Waals surface area contributed by atoms with E-state index in [9.17, 15) is 14.0 Å². The van der Waals surface area contributed by atoms with Crippen LogP contribution in [0.5, 0.6) is 0 Å². The van der Waals surface area contributed by atoms with Crippen LogP contribution in [0.15, 0.2) is 0 Å². The molecule has 2 aliphatic rings. The van der Waals surface area contributed by atoms with E-state index in [0.717, 1.165) is 19.3 Å². The monoisotopic (exact) mass is 371 g/mol. The van der Waals surface area contributed by atoms with Crippen LogP contribution in [0, 0.1) is 11.3 Å². The van der Waals surface area contributed by atoms with Crippen molar-refractivity contribution < 1.29 is 23.5 Å². The van der Waals surface area contributed by atoms with Crippen LogP contribution in [0.25, 0.3) is 0 Å². The maximum Gasteiger partial charge on any atom is 0.411 e. The maximum atomic E-state index is 14.4. The smallest absolute Gasteiger partial charge is 0.411 e. The normalized spacial score (nSPS) is 31.7. The van der Waals surface area contributed by atoms with Crippen molar-refractivity contribution in [1.82, 2.24) is 4.90 Å². The van der Waals surface area contributed by atoms with Gasteiger partial charge in [-0.25, -0.2) is 9.18 Å². The quantitative estimate of drug-likeness (QED) is 0.745. The van der Waals surface area contributed by atoms with Gasteiger partial charge in [0.15, 0.2) is 5.78 Å². The Morgan fingerprint density at radius 3 is 2.46 bits per heavy atom. The van der Waals surface area contributed by atoms with Crippen LogP contribution in [0.4, 0.5) is 9.18 Å². The van der Waals surface area contributed by atoms with E-state index in [0.29, 0.717) is 6.42 Å². The van der Waals surface area contributed by atoms with Crippen molar-refractivity contribution in [3.05, 3.63) is 0 Å². The molecule has 4 atom stereocenters. The second-order valence-electron chi connectivity index (χ2n) is 9.59. The zero-order chi connectivity index (χ0) is 19.7. The topological polar surface area (TPSA) is 55.8 Å². The van der Waals surface area contributed by atoms with Crippen molar-refractivity contribution in [2.45, 2.75) is 90.6 Å². The van der Waals surface area contributed by atoms with Crippen molar-refractivity contribution in [1.29, 1.82) is 0 Å². The SMILES string of the molecule is CO[C@H]1[C@@H](C(=O)CC2CCCC(C)(C)C2)N(C(=O)OC(C)(C)C)C[C@@H]1F. The van der Waals surface area contributed by atoms with E-state index in [2.05, 4.69) is 13.8 Å². The fraction of sp³-hybridized carbons (Fsp3) is 0.900. The van der Waals surface area contributed by atoms with Crippen LogP contribution in [-0.4, -0.2) is 54.3 Å². The summed E-state index contributed by atoms with van der Waals surface area (Å²) < 4.78 is 25.0. The van der Waals surface area contributed by atoms with Gasteiger partial charge in [-0.2, -0.15) is 0 Å². The lowest BCUT2D eigenvalue weighted by Crippen LogP contribution is -2.48. The van der Waals surface area contributed by atoms with E-state index in [1.807, 2.05) is 0 Å². The van der Waals surface area contributed by atoms with Crippen LogP contribution in [0.2, 0.25) is 0 Å². The molecule has 0 N–H and O–H groups in total. The van der Waals surface area contributed by atoms with Gasteiger partial charge >= 0.3 is 6.09 Å². The Morgan fingerprint density at radius 2 is 1.92 bits per heavy atom. The van der Waals surface area contributed by atoms with E-state index >= 15 is 0 Å². The number of methoxy groups -OCH3 is 1. The maximum absolute atomic E-state index is 14.4. The minimum Gasteiger partial charge on any atom is -0.444 e. The second-order valence-corrected chi connectivity index (χ2v) is 9.59. The van der Waals surface area contributed by atoms with Crippen molar-refractivity contribution in [3.63, 3.8) is 0 Å². The molecule has 2 fully saturated rings. The number of amides is 1. The Labute approximate surface area is 156 Å². The highest BCUT2D eigenvalue weighted by molar-refractivity contribution is 5.89. The number of halogens is 1. The van der Waals surface area contributed by atoms with Gasteiger partial charge in [0.2, 0.25) is 0 Å². The van der Waals surface area contributed by atoms with Crippen molar-refractivity contribution >= 4 is 11.9 Å². The molecule has 1 aliphatic carbocycles. The predicted molar refractivity (Wildman–Crippen MR) is 97.8 cm³/mol. The Hall–Kier alpha value is -1.17. The molecule has 0 aromatic heterocycles. The van der Waals surface area contributed by atoms with Gasteiger partial charge < -0.3 is 9.47 Å². The molecule has 1 aliphatic heterocycles. The largest absolute Gasteiger partial charge is 0.444 e. The number of carbonyl (C=O) groups excluding carboxylic acids is 2. The number of ether oxygens (including phenoxy) is 2. The number of nitrogens with zero attached hydrogens (tertiary/aromatic N) is 1. The van der Waals surface area contributed by atoms with Gasteiger partial charge in [0.25, 0.3) is 0 Å². The molecule has 2 rings (SSSR count). The van der Waals surface area contributed by atoms with Crippen molar-refractivity contribution in [2.75, 3.05) is 13.7 Å². The van der Waals surface area contributed by atoms with E-state index in [1.165, 1.54) is 18.4 Å². The fourth-order valence-corrected chi connectivity index (χ4v) is 4.36. The average molecular weight is 371 g/mol. The summed E-state index contributed by atoms with van der Waals surface area (Å²) in [6.45, 7) is 9.54. The molecule has 1 unspecified atom stereocenters. The van der Waals surface area contributed by atoms with Crippen LogP contribution < -0.4 is 0 Å². The zero-order valence-electron chi connectivity index (χ0n) is 17.0. The first-order valence-electron chi connectivity index (χ1n) is 9.63. The average Bonchev–Trinajstić information content (AvgIpc) is 2.81. The first kappa shape index (κ1) is 21.1. The lowest BCUT2D eigenvalue weighted by atomic mass is 9.70. The predicted octanol–water partition coefficient (Wildman–Crippen LogP) is 4.13.